The first-order valence-electron chi connectivity index (χ1n) is 11.4. The molecule has 2 aliphatic heterocycles. The van der Waals surface area contributed by atoms with Crippen molar-refractivity contribution < 1.29 is 19.1 Å². The van der Waals surface area contributed by atoms with E-state index in [4.69, 9.17) is 16.3 Å². The van der Waals surface area contributed by atoms with Crippen LogP contribution in [0.15, 0.2) is 66.7 Å². The molecule has 0 saturated carbocycles. The van der Waals surface area contributed by atoms with Gasteiger partial charge in [0.15, 0.2) is 11.6 Å². The van der Waals surface area contributed by atoms with Crippen molar-refractivity contribution in [3.05, 3.63) is 99.6 Å². The van der Waals surface area contributed by atoms with Crippen LogP contribution < -0.4 is 4.74 Å². The summed E-state index contributed by atoms with van der Waals surface area (Å²) in [5, 5.41) is 0.522. The monoisotopic (exact) mass is 473 g/mol. The van der Waals surface area contributed by atoms with Crippen LogP contribution in [0.25, 0.3) is 0 Å². The number of fused-ring (bicyclic) bond motifs is 1. The predicted octanol–water partition coefficient (Wildman–Crippen LogP) is 5.52. The number of halogens is 1. The topological polar surface area (TPSA) is 63.7 Å². The van der Waals surface area contributed by atoms with E-state index in [1.165, 1.54) is 0 Å². The first-order valence-corrected chi connectivity index (χ1v) is 11.8. The standard InChI is InChI=1S/C28H24ClNO4/c1-18-15-20(29)16-23-24(31)17-28(34-26(18)23)11-13-30(14-12-28)27(33)22-10-6-5-9-21(22)25(32)19-7-3-2-4-8-19/h2-10,15-16H,11-14,17H2,1H3. The van der Waals surface area contributed by atoms with E-state index in [1.54, 1.807) is 65.6 Å². The van der Waals surface area contributed by atoms with Gasteiger partial charge in [-0.2, -0.15) is 0 Å². The fourth-order valence-electron chi connectivity index (χ4n) is 4.89. The first-order chi connectivity index (χ1) is 16.4. The van der Waals surface area contributed by atoms with Gasteiger partial charge in [0, 0.05) is 42.1 Å². The Labute approximate surface area is 203 Å². The van der Waals surface area contributed by atoms with Gasteiger partial charge < -0.3 is 9.64 Å². The fourth-order valence-corrected chi connectivity index (χ4v) is 5.16. The Hall–Kier alpha value is -3.44. The minimum atomic E-state index is -0.626. The number of nitrogens with zero attached hydrogens (tertiary/aromatic N) is 1. The van der Waals surface area contributed by atoms with Gasteiger partial charge in [-0.25, -0.2) is 0 Å². The predicted molar refractivity (Wildman–Crippen MR) is 130 cm³/mol. The summed E-state index contributed by atoms with van der Waals surface area (Å²) in [6.45, 7) is 2.78. The number of hydrogen-bond donors (Lipinski definition) is 0. The average Bonchev–Trinajstić information content (AvgIpc) is 2.85. The summed E-state index contributed by atoms with van der Waals surface area (Å²) in [5.41, 5.74) is 2.07. The number of rotatable bonds is 3. The second kappa shape index (κ2) is 8.73. The number of Topliss-reactive ketones (excluding diaryl/α,β-unsaturated/α-hetero) is 1. The van der Waals surface area contributed by atoms with E-state index in [0.717, 1.165) is 5.56 Å². The van der Waals surface area contributed by atoms with Crippen molar-refractivity contribution >= 4 is 29.1 Å². The van der Waals surface area contributed by atoms with E-state index < -0.39 is 5.60 Å². The van der Waals surface area contributed by atoms with Crippen LogP contribution in [-0.2, 0) is 0 Å². The molecular weight excluding hydrogens is 450 g/mol. The van der Waals surface area contributed by atoms with Gasteiger partial charge in [-0.3, -0.25) is 14.4 Å². The van der Waals surface area contributed by atoms with E-state index >= 15 is 0 Å². The van der Waals surface area contributed by atoms with Crippen LogP contribution in [0.3, 0.4) is 0 Å². The number of aryl methyl sites for hydroxylation is 1. The molecule has 0 aliphatic carbocycles. The molecule has 172 valence electrons. The largest absolute Gasteiger partial charge is 0.486 e. The molecule has 1 saturated heterocycles. The lowest BCUT2D eigenvalue weighted by Gasteiger charge is -2.44. The molecule has 6 heteroatoms. The molecule has 5 rings (SSSR count). The van der Waals surface area contributed by atoms with Crippen LogP contribution in [0, 0.1) is 6.92 Å². The average molecular weight is 474 g/mol. The smallest absolute Gasteiger partial charge is 0.254 e. The molecule has 3 aromatic carbocycles. The molecule has 0 radical (unpaired) electrons. The van der Waals surface area contributed by atoms with Gasteiger partial charge in [0.25, 0.3) is 5.91 Å². The van der Waals surface area contributed by atoms with E-state index in [0.29, 0.717) is 59.0 Å². The Morgan fingerprint density at radius 3 is 2.29 bits per heavy atom. The van der Waals surface area contributed by atoms with Crippen molar-refractivity contribution in [2.75, 3.05) is 13.1 Å². The van der Waals surface area contributed by atoms with Crippen molar-refractivity contribution in [2.45, 2.75) is 31.8 Å². The number of ketones is 2. The number of piperidine rings is 1. The van der Waals surface area contributed by atoms with Crippen LogP contribution in [0.4, 0.5) is 0 Å². The lowest BCUT2D eigenvalue weighted by molar-refractivity contribution is -0.00621. The van der Waals surface area contributed by atoms with Gasteiger partial charge in [-0.1, -0.05) is 60.1 Å². The highest BCUT2D eigenvalue weighted by Crippen LogP contribution is 2.42. The number of hydrogen-bond acceptors (Lipinski definition) is 4. The number of carbonyl (C=O) groups is 3. The molecule has 0 atom stereocenters. The highest BCUT2D eigenvalue weighted by molar-refractivity contribution is 6.31. The molecule has 34 heavy (non-hydrogen) atoms. The normalized spacial score (nSPS) is 16.6. The maximum Gasteiger partial charge on any atom is 0.254 e. The van der Waals surface area contributed by atoms with Gasteiger partial charge in [0.05, 0.1) is 17.5 Å². The number of amides is 1. The SMILES string of the molecule is Cc1cc(Cl)cc2c1OC1(CCN(C(=O)c3ccccc3C(=O)c3ccccc3)CC1)CC2=O. The number of carbonyl (C=O) groups excluding carboxylic acids is 3. The fraction of sp³-hybridized carbons (Fsp3) is 0.250. The molecular formula is C28H24ClNO4. The summed E-state index contributed by atoms with van der Waals surface area (Å²) in [6, 6.07) is 19.4. The number of ether oxygens (including phenoxy) is 1. The highest BCUT2D eigenvalue weighted by atomic mass is 35.5. The van der Waals surface area contributed by atoms with E-state index in [9.17, 15) is 14.4 Å². The van der Waals surface area contributed by atoms with Gasteiger partial charge in [0.2, 0.25) is 0 Å². The van der Waals surface area contributed by atoms with Crippen molar-refractivity contribution in [1.29, 1.82) is 0 Å². The minimum absolute atomic E-state index is 0.0189. The zero-order valence-electron chi connectivity index (χ0n) is 18.8. The van der Waals surface area contributed by atoms with Crippen molar-refractivity contribution in [1.82, 2.24) is 4.90 Å². The van der Waals surface area contributed by atoms with Crippen molar-refractivity contribution in [3.8, 4) is 5.75 Å². The zero-order chi connectivity index (χ0) is 23.9. The van der Waals surface area contributed by atoms with Gasteiger partial charge in [-0.05, 0) is 30.7 Å². The first kappa shape index (κ1) is 22.4. The Morgan fingerprint density at radius 1 is 0.941 bits per heavy atom. The van der Waals surface area contributed by atoms with Crippen molar-refractivity contribution in [3.63, 3.8) is 0 Å². The second-order valence-electron chi connectivity index (χ2n) is 9.02. The molecule has 0 aromatic heterocycles. The molecule has 0 N–H and O–H groups in total. The molecule has 1 amide bonds. The molecule has 0 unspecified atom stereocenters. The summed E-state index contributed by atoms with van der Waals surface area (Å²) in [4.78, 5) is 41.1. The number of likely N-dealkylation sites (tertiary alicyclic amines) is 1. The summed E-state index contributed by atoms with van der Waals surface area (Å²) in [7, 11) is 0. The summed E-state index contributed by atoms with van der Waals surface area (Å²) in [5.74, 6) is 0.259. The third kappa shape index (κ3) is 4.01. The van der Waals surface area contributed by atoms with Crippen LogP contribution in [0.5, 0.6) is 5.75 Å². The third-order valence-corrected chi connectivity index (χ3v) is 6.96. The zero-order valence-corrected chi connectivity index (χ0v) is 19.6. The highest BCUT2D eigenvalue weighted by Gasteiger charge is 2.44. The van der Waals surface area contributed by atoms with Gasteiger partial charge in [0.1, 0.15) is 11.4 Å². The Kier molecular flexibility index (Phi) is 5.74. The lowest BCUT2D eigenvalue weighted by atomic mass is 9.81. The maximum absolute atomic E-state index is 13.4. The second-order valence-corrected chi connectivity index (χ2v) is 9.45. The minimum Gasteiger partial charge on any atom is -0.486 e. The van der Waals surface area contributed by atoms with Crippen LogP contribution in [0.2, 0.25) is 5.02 Å². The molecule has 3 aromatic rings. The van der Waals surface area contributed by atoms with Gasteiger partial charge >= 0.3 is 0 Å². The van der Waals surface area contributed by atoms with Crippen LogP contribution in [-0.4, -0.2) is 41.1 Å². The molecule has 1 fully saturated rings. The molecule has 5 nitrogen and oxygen atoms in total. The summed E-state index contributed by atoms with van der Waals surface area (Å²) in [6.07, 6.45) is 1.35. The quantitative estimate of drug-likeness (QED) is 0.470. The maximum atomic E-state index is 13.4. The van der Waals surface area contributed by atoms with Crippen LogP contribution >= 0.6 is 11.6 Å². The van der Waals surface area contributed by atoms with Crippen LogP contribution in [0.1, 0.15) is 61.5 Å². The molecule has 1 spiro atoms. The Bertz CT molecular complexity index is 1290. The Balaban J connectivity index is 1.35. The van der Waals surface area contributed by atoms with Gasteiger partial charge in [-0.15, -0.1) is 0 Å². The third-order valence-electron chi connectivity index (χ3n) is 6.74. The number of benzene rings is 3. The van der Waals surface area contributed by atoms with E-state index in [1.807, 2.05) is 13.0 Å². The van der Waals surface area contributed by atoms with Crippen molar-refractivity contribution in [2.24, 2.45) is 0 Å². The van der Waals surface area contributed by atoms with E-state index in [2.05, 4.69) is 0 Å². The molecule has 2 aliphatic rings. The summed E-state index contributed by atoms with van der Waals surface area (Å²) < 4.78 is 6.40. The van der Waals surface area contributed by atoms with E-state index in [-0.39, 0.29) is 23.9 Å². The molecule has 2 heterocycles. The summed E-state index contributed by atoms with van der Waals surface area (Å²) >= 11 is 6.13. The lowest BCUT2D eigenvalue weighted by Crippen LogP contribution is -2.52. The molecule has 0 bridgehead atoms. The Morgan fingerprint density at radius 2 is 1.59 bits per heavy atom.